The molecule has 2 N–H and O–H groups in total. The molecule has 4 nitrogen and oxygen atoms in total. The van der Waals surface area contributed by atoms with E-state index in [1.165, 1.54) is 0 Å². The number of carboxylic acids is 1. The quantitative estimate of drug-likeness (QED) is 0.889. The van der Waals surface area contributed by atoms with Crippen LogP contribution in [-0.2, 0) is 9.59 Å². The van der Waals surface area contributed by atoms with Gasteiger partial charge in [0.05, 0.1) is 21.9 Å². The van der Waals surface area contributed by atoms with Gasteiger partial charge in [-0.1, -0.05) is 23.2 Å². The van der Waals surface area contributed by atoms with Crippen LogP contribution in [0.5, 0.6) is 0 Å². The van der Waals surface area contributed by atoms with E-state index in [0.29, 0.717) is 15.7 Å². The minimum Gasteiger partial charge on any atom is -0.481 e. The minimum absolute atomic E-state index is 0.136. The van der Waals surface area contributed by atoms with Crippen LogP contribution in [-0.4, -0.2) is 17.0 Å². The van der Waals surface area contributed by atoms with Gasteiger partial charge in [0.2, 0.25) is 5.91 Å². The second kappa shape index (κ2) is 5.50. The van der Waals surface area contributed by atoms with E-state index in [1.807, 2.05) is 0 Å². The van der Waals surface area contributed by atoms with Gasteiger partial charge >= 0.3 is 5.97 Å². The first-order valence-corrected chi connectivity index (χ1v) is 7.71. The highest BCUT2D eigenvalue weighted by molar-refractivity contribution is 6.42. The van der Waals surface area contributed by atoms with E-state index in [2.05, 4.69) is 5.32 Å². The molecule has 0 heterocycles. The molecule has 0 aliphatic heterocycles. The first-order chi connectivity index (χ1) is 9.97. The molecule has 1 aromatic rings. The first-order valence-electron chi connectivity index (χ1n) is 6.96. The second-order valence-electron chi connectivity index (χ2n) is 5.84. The van der Waals surface area contributed by atoms with Gasteiger partial charge in [0, 0.05) is 5.69 Å². The van der Waals surface area contributed by atoms with Crippen molar-refractivity contribution in [2.24, 2.45) is 23.7 Å². The Morgan fingerprint density at radius 2 is 1.76 bits per heavy atom. The van der Waals surface area contributed by atoms with Crippen LogP contribution >= 0.6 is 23.2 Å². The molecular weight excluding hydrogens is 313 g/mol. The number of hydrogen-bond donors (Lipinski definition) is 2. The number of fused-ring (bicyclic) bond motifs is 2. The molecule has 21 heavy (non-hydrogen) atoms. The summed E-state index contributed by atoms with van der Waals surface area (Å²) in [5.41, 5.74) is 0.543. The number of aliphatic carboxylic acids is 1. The molecule has 2 bridgehead atoms. The number of benzene rings is 1. The molecule has 6 heteroatoms. The third-order valence-electron chi connectivity index (χ3n) is 4.69. The SMILES string of the molecule is O=C(O)[C@@H]1[C@H]2CC[C@@H](C2)[C@@H]1C(=O)Nc1ccc(Cl)c(Cl)c1. The third-order valence-corrected chi connectivity index (χ3v) is 5.43. The van der Waals surface area contributed by atoms with Gasteiger partial charge < -0.3 is 10.4 Å². The van der Waals surface area contributed by atoms with Crippen molar-refractivity contribution in [1.29, 1.82) is 0 Å². The number of nitrogens with one attached hydrogen (secondary N) is 1. The zero-order valence-electron chi connectivity index (χ0n) is 11.2. The topological polar surface area (TPSA) is 66.4 Å². The predicted molar refractivity (Wildman–Crippen MR) is 80.5 cm³/mol. The lowest BCUT2D eigenvalue weighted by Crippen LogP contribution is -2.37. The predicted octanol–water partition coefficient (Wildman–Crippen LogP) is 3.68. The Hall–Kier alpha value is -1.26. The smallest absolute Gasteiger partial charge is 0.307 e. The molecule has 2 saturated carbocycles. The fourth-order valence-electron chi connectivity index (χ4n) is 3.82. The Labute approximate surface area is 132 Å². The van der Waals surface area contributed by atoms with Crippen molar-refractivity contribution in [3.63, 3.8) is 0 Å². The fraction of sp³-hybridized carbons (Fsp3) is 0.467. The Morgan fingerprint density at radius 1 is 1.10 bits per heavy atom. The van der Waals surface area contributed by atoms with Crippen LogP contribution in [0.15, 0.2) is 18.2 Å². The number of halogens is 2. The first kappa shape index (κ1) is 14.7. The molecule has 2 fully saturated rings. The van der Waals surface area contributed by atoms with Gasteiger partial charge in [-0.2, -0.15) is 0 Å². The van der Waals surface area contributed by atoms with Crippen LogP contribution in [0.25, 0.3) is 0 Å². The van der Waals surface area contributed by atoms with E-state index in [1.54, 1.807) is 18.2 Å². The number of carbonyl (C=O) groups is 2. The molecule has 2 aliphatic carbocycles. The van der Waals surface area contributed by atoms with Crippen LogP contribution < -0.4 is 5.32 Å². The summed E-state index contributed by atoms with van der Waals surface area (Å²) in [5, 5.41) is 12.9. The lowest BCUT2D eigenvalue weighted by molar-refractivity contribution is -0.148. The largest absolute Gasteiger partial charge is 0.481 e. The van der Waals surface area contributed by atoms with Gasteiger partial charge in [0.1, 0.15) is 0 Å². The van der Waals surface area contributed by atoms with Crippen molar-refractivity contribution < 1.29 is 14.7 Å². The summed E-state index contributed by atoms with van der Waals surface area (Å²) in [5.74, 6) is -1.79. The number of rotatable bonds is 3. The van der Waals surface area contributed by atoms with Crippen molar-refractivity contribution in [2.75, 3.05) is 5.32 Å². The van der Waals surface area contributed by atoms with Crippen molar-refractivity contribution in [3.05, 3.63) is 28.2 Å². The lowest BCUT2D eigenvalue weighted by Gasteiger charge is -2.27. The minimum atomic E-state index is -0.864. The molecular formula is C15H15Cl2NO3. The van der Waals surface area contributed by atoms with Crippen LogP contribution in [0.1, 0.15) is 19.3 Å². The molecule has 0 radical (unpaired) electrons. The van der Waals surface area contributed by atoms with E-state index in [-0.39, 0.29) is 17.7 Å². The molecule has 1 aromatic carbocycles. The molecule has 0 aromatic heterocycles. The van der Waals surface area contributed by atoms with Gasteiger partial charge in [-0.25, -0.2) is 0 Å². The molecule has 1 amide bonds. The average molecular weight is 328 g/mol. The Bertz CT molecular complexity index is 605. The average Bonchev–Trinajstić information content (AvgIpc) is 3.03. The summed E-state index contributed by atoms with van der Waals surface area (Å²) in [7, 11) is 0. The molecule has 0 spiro atoms. The number of hydrogen-bond acceptors (Lipinski definition) is 2. The van der Waals surface area contributed by atoms with E-state index >= 15 is 0 Å². The van der Waals surface area contributed by atoms with Gasteiger partial charge in [0.15, 0.2) is 0 Å². The summed E-state index contributed by atoms with van der Waals surface area (Å²) in [6.07, 6.45) is 2.70. The van der Waals surface area contributed by atoms with Crippen LogP contribution in [0.4, 0.5) is 5.69 Å². The zero-order chi connectivity index (χ0) is 15.1. The molecule has 3 rings (SSSR count). The Morgan fingerprint density at radius 3 is 2.38 bits per heavy atom. The van der Waals surface area contributed by atoms with Gasteiger partial charge in [-0.05, 0) is 49.3 Å². The summed E-state index contributed by atoms with van der Waals surface area (Å²) >= 11 is 11.8. The fourth-order valence-corrected chi connectivity index (χ4v) is 4.12. The summed E-state index contributed by atoms with van der Waals surface area (Å²) in [6, 6.07) is 4.84. The lowest BCUT2D eigenvalue weighted by atomic mass is 9.78. The van der Waals surface area contributed by atoms with Gasteiger partial charge in [-0.15, -0.1) is 0 Å². The van der Waals surface area contributed by atoms with Crippen molar-refractivity contribution >= 4 is 40.8 Å². The maximum absolute atomic E-state index is 12.5. The van der Waals surface area contributed by atoms with Gasteiger partial charge in [0.25, 0.3) is 0 Å². The Kier molecular flexibility index (Phi) is 3.84. The van der Waals surface area contributed by atoms with E-state index in [4.69, 9.17) is 23.2 Å². The second-order valence-corrected chi connectivity index (χ2v) is 6.66. The van der Waals surface area contributed by atoms with E-state index in [9.17, 15) is 14.7 Å². The van der Waals surface area contributed by atoms with Crippen LogP contribution in [0.3, 0.4) is 0 Å². The monoisotopic (exact) mass is 327 g/mol. The summed E-state index contributed by atoms with van der Waals surface area (Å²) < 4.78 is 0. The highest BCUT2D eigenvalue weighted by Crippen LogP contribution is 2.52. The zero-order valence-corrected chi connectivity index (χ0v) is 12.7. The van der Waals surface area contributed by atoms with Crippen molar-refractivity contribution in [2.45, 2.75) is 19.3 Å². The van der Waals surface area contributed by atoms with E-state index < -0.39 is 17.8 Å². The normalized spacial score (nSPS) is 30.4. The van der Waals surface area contributed by atoms with Crippen molar-refractivity contribution in [3.8, 4) is 0 Å². The number of carbonyl (C=O) groups excluding carboxylic acids is 1. The molecule has 112 valence electrons. The third kappa shape index (κ3) is 2.62. The summed E-state index contributed by atoms with van der Waals surface area (Å²) in [6.45, 7) is 0. The van der Waals surface area contributed by atoms with Crippen molar-refractivity contribution in [1.82, 2.24) is 0 Å². The number of amides is 1. The van der Waals surface area contributed by atoms with Crippen LogP contribution in [0, 0.1) is 23.7 Å². The van der Waals surface area contributed by atoms with E-state index in [0.717, 1.165) is 19.3 Å². The highest BCUT2D eigenvalue weighted by Gasteiger charge is 2.53. The maximum atomic E-state index is 12.5. The maximum Gasteiger partial charge on any atom is 0.307 e. The molecule has 0 unspecified atom stereocenters. The highest BCUT2D eigenvalue weighted by atomic mass is 35.5. The molecule has 0 saturated heterocycles. The number of anilines is 1. The Balaban J connectivity index is 1.78. The van der Waals surface area contributed by atoms with Crippen LogP contribution in [0.2, 0.25) is 10.0 Å². The summed E-state index contributed by atoms with van der Waals surface area (Å²) in [4.78, 5) is 23.9. The standard InChI is InChI=1S/C15H15Cl2NO3/c16-10-4-3-9(6-11(10)17)18-14(19)12-7-1-2-8(5-7)13(12)15(20)21/h3-4,6-8,12-13H,1-2,5H2,(H,18,19)(H,20,21)/t7-,8-,12-,13+/m0/s1. The molecule has 4 atom stereocenters. The molecule has 2 aliphatic rings. The van der Waals surface area contributed by atoms with Gasteiger partial charge in [-0.3, -0.25) is 9.59 Å². The number of carboxylic acid groups (broad SMARTS) is 1.